The molecule has 56 heavy (non-hydrogen) atoms. The summed E-state index contributed by atoms with van der Waals surface area (Å²) in [5.41, 5.74) is 0.928. The van der Waals surface area contributed by atoms with Crippen molar-refractivity contribution in [3.63, 3.8) is 0 Å². The van der Waals surface area contributed by atoms with Gasteiger partial charge >= 0.3 is 6.09 Å². The summed E-state index contributed by atoms with van der Waals surface area (Å²) in [6.07, 6.45) is 7.46. The predicted molar refractivity (Wildman–Crippen MR) is 209 cm³/mol. The molecule has 300 valence electrons. The van der Waals surface area contributed by atoms with Crippen LogP contribution in [-0.4, -0.2) is 96.0 Å². The molecule has 3 heterocycles. The summed E-state index contributed by atoms with van der Waals surface area (Å²) in [7, 11) is -3.91. The standard InChI is InChI=1S/C42H53N5O8S/c1-26-17-18-28(27-13-9-8-10-14-27)21-32(26)37(49)46-23-29-24-47-35(33(29)25-46)36(48)44-42(39(51)45-56(53,54)31-19-20-31)22-30(42)15-11-6-5-7-12-16-34(38(47)50)43-40(52)55-41(2,3)4/h8-11,13-15,17-18,21,29-31,33-35H,5-7,12,16,19-20,22-25H2,1-4H3,(H,43,52)(H,44,48)(H,45,51)/b15-11-/t29-,30+,33-,34+,35-,42+/m0/s1. The van der Waals surface area contributed by atoms with Crippen molar-refractivity contribution in [1.82, 2.24) is 25.2 Å². The first-order valence-corrected chi connectivity index (χ1v) is 21.4. The first-order valence-electron chi connectivity index (χ1n) is 19.9. The number of likely N-dealkylation sites (tertiary alicyclic amines) is 1. The number of nitrogens with one attached hydrogen (secondary N) is 3. The second-order valence-corrected chi connectivity index (χ2v) is 19.1. The van der Waals surface area contributed by atoms with E-state index in [9.17, 15) is 32.4 Å². The van der Waals surface area contributed by atoms with E-state index in [4.69, 9.17) is 4.74 Å². The molecule has 0 unspecified atom stereocenters. The lowest BCUT2D eigenvalue weighted by Gasteiger charge is -2.33. The highest BCUT2D eigenvalue weighted by Crippen LogP contribution is 2.47. The Morgan fingerprint density at radius 1 is 0.929 bits per heavy atom. The van der Waals surface area contributed by atoms with E-state index < -0.39 is 74.1 Å². The van der Waals surface area contributed by atoms with Crippen LogP contribution in [0.4, 0.5) is 4.79 Å². The molecule has 6 atom stereocenters. The van der Waals surface area contributed by atoms with Crippen molar-refractivity contribution in [1.29, 1.82) is 0 Å². The lowest BCUT2D eigenvalue weighted by Crippen LogP contribution is -2.60. The average molecular weight is 788 g/mol. The smallest absolute Gasteiger partial charge is 0.408 e. The van der Waals surface area contributed by atoms with Gasteiger partial charge in [0, 0.05) is 43.0 Å². The molecule has 3 N–H and O–H groups in total. The number of sulfonamides is 1. The number of alkyl carbamates (subject to hydrolysis) is 1. The number of hydrogen-bond acceptors (Lipinski definition) is 8. The normalized spacial score (nSPS) is 28.8. The summed E-state index contributed by atoms with van der Waals surface area (Å²) >= 11 is 0. The van der Waals surface area contributed by atoms with Crippen LogP contribution in [-0.2, 0) is 29.1 Å². The molecule has 2 aromatic rings. The maximum atomic E-state index is 14.7. The van der Waals surface area contributed by atoms with Crippen molar-refractivity contribution in [2.45, 2.75) is 108 Å². The van der Waals surface area contributed by atoms with Gasteiger partial charge in [0.1, 0.15) is 23.2 Å². The number of fused-ring (bicyclic) bond motifs is 4. The molecule has 13 nitrogen and oxygen atoms in total. The van der Waals surface area contributed by atoms with Crippen LogP contribution in [0.25, 0.3) is 11.1 Å². The third-order valence-corrected chi connectivity index (χ3v) is 13.6. The predicted octanol–water partition coefficient (Wildman–Crippen LogP) is 4.46. The summed E-state index contributed by atoms with van der Waals surface area (Å²) in [6, 6.07) is 13.5. The Morgan fingerprint density at radius 2 is 1.68 bits per heavy atom. The molecular formula is C42H53N5O8S. The second-order valence-electron chi connectivity index (χ2n) is 17.2. The quantitative estimate of drug-likeness (QED) is 0.361. The zero-order valence-electron chi connectivity index (χ0n) is 32.6. The molecule has 7 rings (SSSR count). The Kier molecular flexibility index (Phi) is 10.8. The van der Waals surface area contributed by atoms with Crippen LogP contribution < -0.4 is 15.4 Å². The molecule has 4 fully saturated rings. The highest BCUT2D eigenvalue weighted by atomic mass is 32.2. The number of allylic oxidation sites excluding steroid dienone is 1. The maximum Gasteiger partial charge on any atom is 0.408 e. The number of rotatable bonds is 6. The monoisotopic (exact) mass is 787 g/mol. The molecule has 2 aliphatic carbocycles. The van der Waals surface area contributed by atoms with E-state index in [1.54, 1.807) is 25.7 Å². The Balaban J connectivity index is 1.19. The van der Waals surface area contributed by atoms with Crippen molar-refractivity contribution in [3.05, 3.63) is 71.8 Å². The molecule has 0 aromatic heterocycles. The number of nitrogens with zero attached hydrogens (tertiary/aromatic N) is 2. The van der Waals surface area contributed by atoms with Crippen molar-refractivity contribution in [2.24, 2.45) is 17.8 Å². The first kappa shape index (κ1) is 39.5. The van der Waals surface area contributed by atoms with E-state index in [1.807, 2.05) is 67.6 Å². The zero-order chi connectivity index (χ0) is 40.0. The lowest BCUT2D eigenvalue weighted by atomic mass is 9.93. The largest absolute Gasteiger partial charge is 0.444 e. The van der Waals surface area contributed by atoms with Crippen molar-refractivity contribution in [2.75, 3.05) is 19.6 Å². The topological polar surface area (TPSA) is 171 Å². The molecular weight excluding hydrogens is 735 g/mol. The summed E-state index contributed by atoms with van der Waals surface area (Å²) in [4.78, 5) is 73.7. The fraction of sp³-hybridized carbons (Fsp3) is 0.548. The van der Waals surface area contributed by atoms with Gasteiger partial charge < -0.3 is 25.2 Å². The van der Waals surface area contributed by atoms with Crippen LogP contribution in [0, 0.1) is 24.7 Å². The number of carbonyl (C=O) groups is 5. The van der Waals surface area contributed by atoms with E-state index in [2.05, 4.69) is 15.4 Å². The summed E-state index contributed by atoms with van der Waals surface area (Å²) in [5.74, 6) is -3.19. The molecule has 2 saturated carbocycles. The van der Waals surface area contributed by atoms with Gasteiger partial charge in [0.25, 0.3) is 11.8 Å². The molecule has 2 aromatic carbocycles. The summed E-state index contributed by atoms with van der Waals surface area (Å²) in [5, 5.41) is 5.09. The van der Waals surface area contributed by atoms with Gasteiger partial charge in [-0.25, -0.2) is 13.2 Å². The van der Waals surface area contributed by atoms with Crippen LogP contribution in [0.5, 0.6) is 0 Å². The van der Waals surface area contributed by atoms with Gasteiger partial charge in [-0.2, -0.15) is 0 Å². The van der Waals surface area contributed by atoms with Gasteiger partial charge in [-0.3, -0.25) is 23.9 Å². The maximum absolute atomic E-state index is 14.7. The van der Waals surface area contributed by atoms with Crippen molar-refractivity contribution < 1.29 is 37.1 Å². The van der Waals surface area contributed by atoms with Gasteiger partial charge in [0.15, 0.2) is 0 Å². The number of ether oxygens (including phenoxy) is 1. The minimum Gasteiger partial charge on any atom is -0.444 e. The van der Waals surface area contributed by atoms with Crippen LogP contribution in [0.1, 0.15) is 88.1 Å². The third-order valence-electron chi connectivity index (χ3n) is 11.8. The van der Waals surface area contributed by atoms with E-state index in [0.29, 0.717) is 44.2 Å². The van der Waals surface area contributed by atoms with Gasteiger partial charge in [0.05, 0.1) is 5.25 Å². The Hall–Kier alpha value is -4.72. The highest BCUT2D eigenvalue weighted by Gasteiger charge is 2.63. The number of amides is 5. The van der Waals surface area contributed by atoms with Crippen LogP contribution in [0.3, 0.4) is 0 Å². The van der Waals surface area contributed by atoms with E-state index >= 15 is 0 Å². The fourth-order valence-corrected chi connectivity index (χ4v) is 9.88. The van der Waals surface area contributed by atoms with Crippen molar-refractivity contribution in [3.8, 4) is 11.1 Å². The van der Waals surface area contributed by atoms with E-state index in [1.165, 1.54) is 4.90 Å². The molecule has 0 spiro atoms. The minimum absolute atomic E-state index is 0.152. The fourth-order valence-electron chi connectivity index (χ4n) is 8.52. The zero-order valence-corrected chi connectivity index (χ0v) is 33.4. The Morgan fingerprint density at radius 3 is 2.39 bits per heavy atom. The third kappa shape index (κ3) is 8.35. The van der Waals surface area contributed by atoms with Crippen LogP contribution in [0.15, 0.2) is 60.7 Å². The van der Waals surface area contributed by atoms with Crippen LogP contribution in [0.2, 0.25) is 0 Å². The number of carbonyl (C=O) groups excluding carboxylic acids is 5. The van der Waals surface area contributed by atoms with E-state index in [-0.39, 0.29) is 31.3 Å². The Labute approximate surface area is 329 Å². The van der Waals surface area contributed by atoms with Crippen LogP contribution >= 0.6 is 0 Å². The number of benzene rings is 2. The molecule has 14 heteroatoms. The minimum atomic E-state index is -3.91. The van der Waals surface area contributed by atoms with Gasteiger partial charge in [-0.15, -0.1) is 0 Å². The number of hydrogen-bond donors (Lipinski definition) is 3. The molecule has 5 amide bonds. The van der Waals surface area contributed by atoms with E-state index in [0.717, 1.165) is 29.5 Å². The molecule has 3 aliphatic heterocycles. The first-order chi connectivity index (χ1) is 26.6. The van der Waals surface area contributed by atoms with Gasteiger partial charge in [0.2, 0.25) is 21.8 Å². The molecule has 0 bridgehead atoms. The number of aryl methyl sites for hydroxylation is 1. The highest BCUT2D eigenvalue weighted by molar-refractivity contribution is 7.91. The summed E-state index contributed by atoms with van der Waals surface area (Å²) < 4.78 is 33.6. The Bertz CT molecular complexity index is 2030. The molecule has 0 radical (unpaired) electrons. The van der Waals surface area contributed by atoms with Crippen molar-refractivity contribution >= 4 is 39.7 Å². The average Bonchev–Trinajstić information content (AvgIpc) is 4.04. The molecule has 2 saturated heterocycles. The SMILES string of the molecule is Cc1ccc(-c2ccccc2)cc1C(=O)N1C[C@H]2CN3C(=O)[C@H](NC(=O)OC(C)(C)C)CCCCC/C=C\[C@@H]4C[C@@]4(C(=O)NS(=O)(=O)C4CC4)NC(=O)[C@@H]3[C@H]2C1. The molecule has 5 aliphatic rings. The second kappa shape index (κ2) is 15.3. The van der Waals surface area contributed by atoms with Gasteiger partial charge in [-0.05, 0) is 89.0 Å². The van der Waals surface area contributed by atoms with Gasteiger partial charge in [-0.1, -0.05) is 67.5 Å². The summed E-state index contributed by atoms with van der Waals surface area (Å²) in [6.45, 7) is 7.73. The lowest BCUT2D eigenvalue weighted by molar-refractivity contribution is -0.142.